The van der Waals surface area contributed by atoms with Gasteiger partial charge in [0.15, 0.2) is 0 Å². The molecule has 20 heavy (non-hydrogen) atoms. The molecule has 2 atom stereocenters. The van der Waals surface area contributed by atoms with Gasteiger partial charge < -0.3 is 10.2 Å². The van der Waals surface area contributed by atoms with Gasteiger partial charge in [0.05, 0.1) is 0 Å². The van der Waals surface area contributed by atoms with Gasteiger partial charge in [-0.25, -0.2) is 0 Å². The Morgan fingerprint density at radius 2 is 1.95 bits per heavy atom. The minimum absolute atomic E-state index is 0. The van der Waals surface area contributed by atoms with Crippen molar-refractivity contribution in [2.24, 2.45) is 11.3 Å². The molecular weight excluding hydrogens is 272 g/mol. The van der Waals surface area contributed by atoms with Crippen molar-refractivity contribution in [1.82, 2.24) is 10.2 Å². The van der Waals surface area contributed by atoms with E-state index in [1.165, 1.54) is 19.3 Å². The molecule has 1 N–H and O–H groups in total. The Kier molecular flexibility index (Phi) is 5.01. The Morgan fingerprint density at radius 3 is 2.55 bits per heavy atom. The number of carbonyl (C=O) groups excluding carboxylic acids is 1. The van der Waals surface area contributed by atoms with E-state index in [4.69, 9.17) is 0 Å². The fourth-order valence-corrected chi connectivity index (χ4v) is 4.48. The second-order valence-electron chi connectivity index (χ2n) is 7.32. The number of nitrogens with zero attached hydrogens (tertiary/aromatic N) is 1. The smallest absolute Gasteiger partial charge is 0.229 e. The lowest BCUT2D eigenvalue weighted by Crippen LogP contribution is -2.53. The van der Waals surface area contributed by atoms with Gasteiger partial charge in [0.1, 0.15) is 0 Å². The maximum Gasteiger partial charge on any atom is 0.229 e. The lowest BCUT2D eigenvalue weighted by Gasteiger charge is -2.46. The predicted octanol–water partition coefficient (Wildman–Crippen LogP) is 2.98. The molecule has 116 valence electrons. The van der Waals surface area contributed by atoms with E-state index in [0.717, 1.165) is 38.8 Å². The van der Waals surface area contributed by atoms with Crippen LogP contribution in [0.25, 0.3) is 0 Å². The maximum absolute atomic E-state index is 13.1. The molecule has 1 amide bonds. The Bertz CT molecular complexity index is 340. The minimum Gasteiger partial charge on any atom is -0.335 e. The molecule has 2 saturated heterocycles. The van der Waals surface area contributed by atoms with Crippen molar-refractivity contribution in [2.45, 2.75) is 70.9 Å². The van der Waals surface area contributed by atoms with E-state index in [0.29, 0.717) is 23.9 Å². The SMILES string of the molecule is CC(C)CC1(C(=O)N2C3CCNCC2CC3)CCC1.Cl. The number of amides is 1. The van der Waals surface area contributed by atoms with Crippen molar-refractivity contribution < 1.29 is 4.79 Å². The summed E-state index contributed by atoms with van der Waals surface area (Å²) in [5.41, 5.74) is 0.0132. The van der Waals surface area contributed by atoms with Crippen molar-refractivity contribution in [2.75, 3.05) is 13.1 Å². The number of carbonyl (C=O) groups is 1. The first-order chi connectivity index (χ1) is 9.12. The first-order valence-corrected chi connectivity index (χ1v) is 8.16. The van der Waals surface area contributed by atoms with Crippen LogP contribution >= 0.6 is 12.4 Å². The molecule has 2 heterocycles. The molecule has 2 aliphatic heterocycles. The number of fused-ring (bicyclic) bond motifs is 2. The fraction of sp³-hybridized carbons (Fsp3) is 0.938. The molecule has 3 rings (SSSR count). The van der Waals surface area contributed by atoms with E-state index >= 15 is 0 Å². The third-order valence-corrected chi connectivity index (χ3v) is 5.45. The lowest BCUT2D eigenvalue weighted by atomic mass is 9.63. The first kappa shape index (κ1) is 16.1. The van der Waals surface area contributed by atoms with Crippen LogP contribution in [0.4, 0.5) is 0 Å². The summed E-state index contributed by atoms with van der Waals surface area (Å²) < 4.78 is 0. The van der Waals surface area contributed by atoms with Crippen molar-refractivity contribution in [3.63, 3.8) is 0 Å². The Hall–Kier alpha value is -0.280. The van der Waals surface area contributed by atoms with Crippen LogP contribution in [0.15, 0.2) is 0 Å². The zero-order chi connectivity index (χ0) is 13.5. The van der Waals surface area contributed by atoms with Gasteiger partial charge in [-0.15, -0.1) is 12.4 Å². The van der Waals surface area contributed by atoms with E-state index in [2.05, 4.69) is 24.1 Å². The highest BCUT2D eigenvalue weighted by molar-refractivity contribution is 5.85. The molecule has 3 fully saturated rings. The largest absolute Gasteiger partial charge is 0.335 e. The molecule has 2 unspecified atom stereocenters. The molecule has 0 aromatic heterocycles. The Morgan fingerprint density at radius 1 is 1.25 bits per heavy atom. The van der Waals surface area contributed by atoms with E-state index in [9.17, 15) is 4.79 Å². The predicted molar refractivity (Wildman–Crippen MR) is 84.1 cm³/mol. The maximum atomic E-state index is 13.1. The summed E-state index contributed by atoms with van der Waals surface area (Å²) in [5.74, 6) is 1.13. The topological polar surface area (TPSA) is 32.3 Å². The summed E-state index contributed by atoms with van der Waals surface area (Å²) in [6.45, 7) is 6.61. The summed E-state index contributed by atoms with van der Waals surface area (Å²) in [5, 5.41) is 3.50. The number of hydrogen-bond acceptors (Lipinski definition) is 2. The molecule has 3 aliphatic rings. The monoisotopic (exact) mass is 300 g/mol. The standard InChI is InChI=1S/C16H28N2O.ClH/c1-12(2)10-16(7-3-8-16)15(19)18-13-4-5-14(18)11-17-9-6-13;/h12-14,17H,3-11H2,1-2H3;1H. The van der Waals surface area contributed by atoms with Gasteiger partial charge in [-0.1, -0.05) is 20.3 Å². The summed E-state index contributed by atoms with van der Waals surface area (Å²) in [6, 6.07) is 1.00. The average molecular weight is 301 g/mol. The second kappa shape index (κ2) is 6.23. The van der Waals surface area contributed by atoms with Gasteiger partial charge in [0.25, 0.3) is 0 Å². The molecule has 1 aliphatic carbocycles. The van der Waals surface area contributed by atoms with Crippen molar-refractivity contribution in [3.05, 3.63) is 0 Å². The fourth-order valence-electron chi connectivity index (χ4n) is 4.48. The first-order valence-electron chi connectivity index (χ1n) is 8.16. The Balaban J connectivity index is 0.00000147. The van der Waals surface area contributed by atoms with Crippen LogP contribution in [-0.4, -0.2) is 36.0 Å². The van der Waals surface area contributed by atoms with Gasteiger partial charge in [0.2, 0.25) is 5.91 Å². The van der Waals surface area contributed by atoms with Crippen molar-refractivity contribution in [1.29, 1.82) is 0 Å². The quantitative estimate of drug-likeness (QED) is 0.869. The van der Waals surface area contributed by atoms with Gasteiger partial charge in [-0.3, -0.25) is 4.79 Å². The summed E-state index contributed by atoms with van der Waals surface area (Å²) >= 11 is 0. The lowest BCUT2D eigenvalue weighted by molar-refractivity contribution is -0.151. The molecule has 1 saturated carbocycles. The molecule has 0 aromatic carbocycles. The normalized spacial score (nSPS) is 31.4. The third-order valence-electron chi connectivity index (χ3n) is 5.45. The minimum atomic E-state index is 0. The van der Waals surface area contributed by atoms with Crippen LogP contribution in [0.2, 0.25) is 0 Å². The van der Waals surface area contributed by atoms with Crippen molar-refractivity contribution in [3.8, 4) is 0 Å². The molecule has 2 bridgehead atoms. The number of halogens is 1. The number of rotatable bonds is 3. The summed E-state index contributed by atoms with van der Waals surface area (Å²) in [7, 11) is 0. The van der Waals surface area contributed by atoms with Gasteiger partial charge in [0, 0.05) is 24.0 Å². The average Bonchev–Trinajstić information content (AvgIpc) is 2.56. The van der Waals surface area contributed by atoms with Gasteiger partial charge in [-0.05, 0) is 51.0 Å². The number of nitrogens with one attached hydrogen (secondary N) is 1. The van der Waals surface area contributed by atoms with Crippen LogP contribution in [0, 0.1) is 11.3 Å². The molecule has 0 aromatic rings. The zero-order valence-corrected chi connectivity index (χ0v) is 13.7. The van der Waals surface area contributed by atoms with E-state index in [1.54, 1.807) is 0 Å². The Labute approximate surface area is 129 Å². The highest BCUT2D eigenvalue weighted by Crippen LogP contribution is 2.49. The molecule has 0 radical (unpaired) electrons. The number of hydrogen-bond donors (Lipinski definition) is 1. The van der Waals surface area contributed by atoms with Crippen LogP contribution in [0.5, 0.6) is 0 Å². The molecular formula is C16H29ClN2O. The summed E-state index contributed by atoms with van der Waals surface area (Å²) in [4.78, 5) is 15.5. The van der Waals surface area contributed by atoms with Gasteiger partial charge >= 0.3 is 0 Å². The van der Waals surface area contributed by atoms with E-state index in [1.807, 2.05) is 0 Å². The summed E-state index contributed by atoms with van der Waals surface area (Å²) in [6.07, 6.45) is 8.20. The molecule has 0 spiro atoms. The van der Waals surface area contributed by atoms with Crippen LogP contribution in [-0.2, 0) is 4.79 Å². The second-order valence-corrected chi connectivity index (χ2v) is 7.32. The highest BCUT2D eigenvalue weighted by Gasteiger charge is 2.50. The van der Waals surface area contributed by atoms with E-state index < -0.39 is 0 Å². The highest BCUT2D eigenvalue weighted by atomic mass is 35.5. The third kappa shape index (κ3) is 2.71. The van der Waals surface area contributed by atoms with E-state index in [-0.39, 0.29) is 17.8 Å². The van der Waals surface area contributed by atoms with Crippen LogP contribution in [0.1, 0.15) is 58.8 Å². The van der Waals surface area contributed by atoms with Crippen molar-refractivity contribution >= 4 is 18.3 Å². The van der Waals surface area contributed by atoms with Crippen LogP contribution in [0.3, 0.4) is 0 Å². The zero-order valence-electron chi connectivity index (χ0n) is 12.9. The van der Waals surface area contributed by atoms with Gasteiger partial charge in [-0.2, -0.15) is 0 Å². The molecule has 3 nitrogen and oxygen atoms in total. The van der Waals surface area contributed by atoms with Crippen LogP contribution < -0.4 is 5.32 Å². The molecule has 4 heteroatoms.